The van der Waals surface area contributed by atoms with Gasteiger partial charge in [-0.2, -0.15) is 0 Å². The van der Waals surface area contributed by atoms with Gasteiger partial charge < -0.3 is 5.32 Å². The second-order valence-electron chi connectivity index (χ2n) is 7.71. The number of hydrogen-bond donors (Lipinski definition) is 1. The van der Waals surface area contributed by atoms with E-state index in [9.17, 15) is 0 Å². The van der Waals surface area contributed by atoms with Crippen LogP contribution in [0.5, 0.6) is 0 Å². The molecule has 1 saturated heterocycles. The van der Waals surface area contributed by atoms with Crippen LogP contribution in [0.1, 0.15) is 30.9 Å². The molecular formula is C23H26N2. The minimum atomic E-state index is 0.559. The van der Waals surface area contributed by atoms with Gasteiger partial charge in [0.05, 0.1) is 0 Å². The van der Waals surface area contributed by atoms with Gasteiger partial charge in [0, 0.05) is 32.2 Å². The minimum Gasteiger partial charge on any atom is -0.314 e. The highest BCUT2D eigenvalue weighted by atomic mass is 15.2. The van der Waals surface area contributed by atoms with Gasteiger partial charge in [-0.3, -0.25) is 4.90 Å². The van der Waals surface area contributed by atoms with Crippen LogP contribution in [0.15, 0.2) is 54.6 Å². The van der Waals surface area contributed by atoms with Crippen LogP contribution in [0.3, 0.4) is 0 Å². The first-order chi connectivity index (χ1) is 12.4. The van der Waals surface area contributed by atoms with Crippen LogP contribution in [0.2, 0.25) is 0 Å². The molecule has 3 aromatic rings. The summed E-state index contributed by atoms with van der Waals surface area (Å²) in [6, 6.07) is 20.9. The number of piperazine rings is 1. The summed E-state index contributed by atoms with van der Waals surface area (Å²) < 4.78 is 0. The zero-order valence-corrected chi connectivity index (χ0v) is 14.7. The molecule has 2 fully saturated rings. The van der Waals surface area contributed by atoms with Crippen molar-refractivity contribution in [2.45, 2.75) is 25.3 Å². The zero-order valence-electron chi connectivity index (χ0n) is 14.7. The predicted octanol–water partition coefficient (Wildman–Crippen LogP) is 4.74. The zero-order chi connectivity index (χ0) is 16.6. The molecule has 1 saturated carbocycles. The number of nitrogens with zero attached hydrogens (tertiary/aromatic N) is 1. The monoisotopic (exact) mass is 330 g/mol. The van der Waals surface area contributed by atoms with Crippen molar-refractivity contribution in [2.75, 3.05) is 26.2 Å². The van der Waals surface area contributed by atoms with Crippen molar-refractivity contribution in [2.24, 2.45) is 5.92 Å². The van der Waals surface area contributed by atoms with E-state index in [1.165, 1.54) is 53.9 Å². The first kappa shape index (κ1) is 15.4. The number of rotatable bonds is 4. The van der Waals surface area contributed by atoms with E-state index in [0.29, 0.717) is 6.04 Å². The topological polar surface area (TPSA) is 15.3 Å². The normalized spacial score (nSPS) is 20.2. The Hall–Kier alpha value is -1.90. The molecule has 0 unspecified atom stereocenters. The second kappa shape index (κ2) is 6.44. The summed E-state index contributed by atoms with van der Waals surface area (Å²) in [6.07, 6.45) is 4.17. The molecule has 2 aliphatic rings. The summed E-state index contributed by atoms with van der Waals surface area (Å²) in [5, 5.41) is 9.14. The molecule has 25 heavy (non-hydrogen) atoms. The van der Waals surface area contributed by atoms with Crippen LogP contribution >= 0.6 is 0 Å². The molecule has 3 aromatic carbocycles. The number of benzene rings is 3. The van der Waals surface area contributed by atoms with E-state index in [2.05, 4.69) is 64.8 Å². The van der Waals surface area contributed by atoms with Crippen LogP contribution in [0, 0.1) is 5.92 Å². The van der Waals surface area contributed by atoms with E-state index in [1.54, 1.807) is 5.56 Å². The van der Waals surface area contributed by atoms with Crippen molar-refractivity contribution in [3.05, 3.63) is 60.2 Å². The van der Waals surface area contributed by atoms with Crippen molar-refractivity contribution in [3.8, 4) is 0 Å². The molecule has 128 valence electrons. The standard InChI is InChI=1S/C23H26N2/c1-2-6-19-18(5-1)16-22(21-8-4-3-7-20(19)21)23(15-17-9-10-17)25-13-11-24-12-14-25/h1-8,16-17,23-24H,9-15H2/t23-/m0/s1. The van der Waals surface area contributed by atoms with E-state index >= 15 is 0 Å². The smallest absolute Gasteiger partial charge is 0.0358 e. The van der Waals surface area contributed by atoms with Crippen LogP contribution < -0.4 is 5.32 Å². The van der Waals surface area contributed by atoms with Gasteiger partial charge in [0.15, 0.2) is 0 Å². The highest BCUT2D eigenvalue weighted by molar-refractivity contribution is 6.09. The molecule has 1 aliphatic carbocycles. The first-order valence-corrected chi connectivity index (χ1v) is 9.75. The van der Waals surface area contributed by atoms with Gasteiger partial charge in [0.1, 0.15) is 0 Å². The molecule has 0 aromatic heterocycles. The lowest BCUT2D eigenvalue weighted by Crippen LogP contribution is -2.45. The maximum Gasteiger partial charge on any atom is 0.0358 e. The summed E-state index contributed by atoms with van der Waals surface area (Å²) in [7, 11) is 0. The van der Waals surface area contributed by atoms with E-state index in [1.807, 2.05) is 0 Å². The maximum absolute atomic E-state index is 3.52. The highest BCUT2D eigenvalue weighted by Crippen LogP contribution is 2.43. The fourth-order valence-electron chi connectivity index (χ4n) is 4.49. The number of nitrogens with one attached hydrogen (secondary N) is 1. The van der Waals surface area contributed by atoms with Crippen molar-refractivity contribution < 1.29 is 0 Å². The molecule has 2 nitrogen and oxygen atoms in total. The van der Waals surface area contributed by atoms with Gasteiger partial charge >= 0.3 is 0 Å². The Bertz CT molecular complexity index is 891. The Kier molecular flexibility index (Phi) is 3.95. The fourth-order valence-corrected chi connectivity index (χ4v) is 4.49. The molecule has 5 rings (SSSR count). The molecular weight excluding hydrogens is 304 g/mol. The fraction of sp³-hybridized carbons (Fsp3) is 0.391. The lowest BCUT2D eigenvalue weighted by molar-refractivity contribution is 0.161. The third-order valence-electron chi connectivity index (χ3n) is 6.00. The lowest BCUT2D eigenvalue weighted by atomic mass is 9.90. The van der Waals surface area contributed by atoms with Crippen molar-refractivity contribution in [1.82, 2.24) is 10.2 Å². The van der Waals surface area contributed by atoms with Gasteiger partial charge in [-0.15, -0.1) is 0 Å². The van der Waals surface area contributed by atoms with Crippen LogP contribution in [0.4, 0.5) is 0 Å². The molecule has 1 heterocycles. The van der Waals surface area contributed by atoms with Gasteiger partial charge in [-0.1, -0.05) is 61.4 Å². The summed E-state index contributed by atoms with van der Waals surface area (Å²) in [5.74, 6) is 0.935. The van der Waals surface area contributed by atoms with E-state index in [-0.39, 0.29) is 0 Å². The quantitative estimate of drug-likeness (QED) is 0.695. The Morgan fingerprint density at radius 2 is 1.56 bits per heavy atom. The van der Waals surface area contributed by atoms with Gasteiger partial charge in [-0.25, -0.2) is 0 Å². The third-order valence-corrected chi connectivity index (χ3v) is 6.00. The average Bonchev–Trinajstić information content (AvgIpc) is 3.51. The minimum absolute atomic E-state index is 0.559. The summed E-state index contributed by atoms with van der Waals surface area (Å²) in [6.45, 7) is 4.57. The molecule has 0 amide bonds. The predicted molar refractivity (Wildman–Crippen MR) is 106 cm³/mol. The largest absolute Gasteiger partial charge is 0.314 e. The van der Waals surface area contributed by atoms with Gasteiger partial charge in [0.25, 0.3) is 0 Å². The number of fused-ring (bicyclic) bond motifs is 3. The Labute approximate surface area is 149 Å². The molecule has 1 atom stereocenters. The number of hydrogen-bond acceptors (Lipinski definition) is 2. The molecule has 1 aliphatic heterocycles. The van der Waals surface area contributed by atoms with Crippen molar-refractivity contribution in [3.63, 3.8) is 0 Å². The molecule has 0 spiro atoms. The molecule has 0 radical (unpaired) electrons. The second-order valence-corrected chi connectivity index (χ2v) is 7.71. The van der Waals surface area contributed by atoms with Gasteiger partial charge in [-0.05, 0) is 45.5 Å². The molecule has 2 heteroatoms. The van der Waals surface area contributed by atoms with Crippen molar-refractivity contribution >= 4 is 21.5 Å². The molecule has 0 bridgehead atoms. The Morgan fingerprint density at radius 3 is 2.32 bits per heavy atom. The van der Waals surface area contributed by atoms with Gasteiger partial charge in [0.2, 0.25) is 0 Å². The summed E-state index contributed by atoms with van der Waals surface area (Å²) in [4.78, 5) is 2.73. The average molecular weight is 330 g/mol. The summed E-state index contributed by atoms with van der Waals surface area (Å²) >= 11 is 0. The first-order valence-electron chi connectivity index (χ1n) is 9.75. The van der Waals surface area contributed by atoms with Crippen LogP contribution in [-0.4, -0.2) is 31.1 Å². The molecule has 1 N–H and O–H groups in total. The Balaban J connectivity index is 1.69. The highest BCUT2D eigenvalue weighted by Gasteiger charge is 2.31. The van der Waals surface area contributed by atoms with E-state index in [4.69, 9.17) is 0 Å². The summed E-state index contributed by atoms with van der Waals surface area (Å²) in [5.41, 5.74) is 1.54. The Morgan fingerprint density at radius 1 is 0.880 bits per heavy atom. The third kappa shape index (κ3) is 2.94. The van der Waals surface area contributed by atoms with E-state index in [0.717, 1.165) is 19.0 Å². The van der Waals surface area contributed by atoms with Crippen molar-refractivity contribution in [1.29, 1.82) is 0 Å². The van der Waals surface area contributed by atoms with Crippen LogP contribution in [-0.2, 0) is 0 Å². The van der Waals surface area contributed by atoms with E-state index < -0.39 is 0 Å². The van der Waals surface area contributed by atoms with Crippen LogP contribution in [0.25, 0.3) is 21.5 Å². The SMILES string of the molecule is c1ccc2c(c1)cc([C@H](CC1CC1)N1CCNCC1)c1ccccc12. The lowest BCUT2D eigenvalue weighted by Gasteiger charge is -2.36. The maximum atomic E-state index is 3.52.